The summed E-state index contributed by atoms with van der Waals surface area (Å²) < 4.78 is 16.6. The van der Waals surface area contributed by atoms with E-state index in [0.29, 0.717) is 24.9 Å². The average Bonchev–Trinajstić information content (AvgIpc) is 3.39. The largest absolute Gasteiger partial charge is 0.486 e. The van der Waals surface area contributed by atoms with E-state index in [-0.39, 0.29) is 18.1 Å². The number of aromatic nitrogens is 1. The summed E-state index contributed by atoms with van der Waals surface area (Å²) in [6.45, 7) is 4.76. The van der Waals surface area contributed by atoms with Gasteiger partial charge < -0.3 is 19.2 Å². The van der Waals surface area contributed by atoms with E-state index in [2.05, 4.69) is 15.6 Å². The molecule has 132 valence electrons. The summed E-state index contributed by atoms with van der Waals surface area (Å²) in [7, 11) is 0. The summed E-state index contributed by atoms with van der Waals surface area (Å²) in [5.41, 5.74) is 1.78. The second-order valence-electron chi connectivity index (χ2n) is 6.48. The molecule has 7 heteroatoms. The van der Waals surface area contributed by atoms with Crippen molar-refractivity contribution in [3.05, 3.63) is 35.2 Å². The van der Waals surface area contributed by atoms with Gasteiger partial charge in [-0.25, -0.2) is 4.79 Å². The number of amides is 2. The van der Waals surface area contributed by atoms with Gasteiger partial charge in [0.15, 0.2) is 11.5 Å². The molecule has 2 N–H and O–H groups in total. The van der Waals surface area contributed by atoms with Crippen molar-refractivity contribution in [3.8, 4) is 11.5 Å². The minimum Gasteiger partial charge on any atom is -0.486 e. The molecule has 1 aliphatic heterocycles. The predicted molar refractivity (Wildman–Crippen MR) is 91.0 cm³/mol. The van der Waals surface area contributed by atoms with Gasteiger partial charge >= 0.3 is 12.0 Å². The predicted octanol–water partition coefficient (Wildman–Crippen LogP) is 3.34. The molecule has 2 aromatic rings. The Morgan fingerprint density at radius 2 is 1.96 bits per heavy atom. The van der Waals surface area contributed by atoms with Gasteiger partial charge in [0.05, 0.1) is 11.7 Å². The third-order valence-corrected chi connectivity index (χ3v) is 4.55. The van der Waals surface area contributed by atoms with Gasteiger partial charge in [-0.2, -0.15) is 4.98 Å². The van der Waals surface area contributed by atoms with Crippen molar-refractivity contribution in [2.24, 2.45) is 5.92 Å². The number of carbonyl (C=O) groups is 1. The molecule has 25 heavy (non-hydrogen) atoms. The standard InChI is InChI=1S/C18H21N3O4/c1-10-11(2)25-18(19-10)21-17(22)20-16(12-3-4-12)13-5-6-14-15(9-13)24-8-7-23-14/h5-6,9,12,16H,3-4,7-8H2,1-2H3,(H2,19,20,21,22)/t16-/m0/s1. The molecule has 1 aromatic heterocycles. The van der Waals surface area contributed by atoms with Crippen LogP contribution in [0, 0.1) is 19.8 Å². The topological polar surface area (TPSA) is 85.6 Å². The number of oxazole rings is 1. The lowest BCUT2D eigenvalue weighted by Gasteiger charge is -2.23. The normalized spacial score (nSPS) is 17.0. The summed E-state index contributed by atoms with van der Waals surface area (Å²) in [6.07, 6.45) is 2.19. The quantitative estimate of drug-likeness (QED) is 0.889. The first kappa shape index (κ1) is 15.8. The van der Waals surface area contributed by atoms with Gasteiger partial charge in [0.1, 0.15) is 19.0 Å². The highest BCUT2D eigenvalue weighted by molar-refractivity contribution is 5.87. The van der Waals surface area contributed by atoms with Gasteiger partial charge in [0.2, 0.25) is 0 Å². The van der Waals surface area contributed by atoms with Crippen LogP contribution >= 0.6 is 0 Å². The summed E-state index contributed by atoms with van der Waals surface area (Å²) >= 11 is 0. The molecule has 1 atom stereocenters. The van der Waals surface area contributed by atoms with Crippen LogP contribution in [0.1, 0.15) is 35.9 Å². The zero-order valence-corrected chi connectivity index (χ0v) is 14.3. The molecule has 1 aromatic carbocycles. The number of nitrogens with one attached hydrogen (secondary N) is 2. The molecule has 0 bridgehead atoms. The maximum absolute atomic E-state index is 12.4. The molecule has 1 saturated carbocycles. The third kappa shape index (κ3) is 3.40. The maximum atomic E-state index is 12.4. The lowest BCUT2D eigenvalue weighted by molar-refractivity contribution is 0.171. The van der Waals surface area contributed by atoms with Gasteiger partial charge in [-0.05, 0) is 50.3 Å². The molecule has 0 spiro atoms. The van der Waals surface area contributed by atoms with Crippen LogP contribution in [0.4, 0.5) is 10.8 Å². The monoisotopic (exact) mass is 343 g/mol. The zero-order chi connectivity index (χ0) is 17.4. The summed E-state index contributed by atoms with van der Waals surface area (Å²) in [5, 5.41) is 5.70. The fraction of sp³-hybridized carbons (Fsp3) is 0.444. The lowest BCUT2D eigenvalue weighted by atomic mass is 10.0. The Morgan fingerprint density at radius 1 is 1.20 bits per heavy atom. The van der Waals surface area contributed by atoms with Crippen LogP contribution in [0.2, 0.25) is 0 Å². The van der Waals surface area contributed by atoms with Crippen LogP contribution in [-0.4, -0.2) is 24.2 Å². The van der Waals surface area contributed by atoms with Gasteiger partial charge in [-0.1, -0.05) is 6.07 Å². The van der Waals surface area contributed by atoms with Crippen LogP contribution in [0.5, 0.6) is 11.5 Å². The van der Waals surface area contributed by atoms with Gasteiger partial charge in [-0.3, -0.25) is 5.32 Å². The number of carbonyl (C=O) groups excluding carboxylic acids is 1. The molecule has 0 unspecified atom stereocenters. The highest BCUT2D eigenvalue weighted by Gasteiger charge is 2.34. The molecular formula is C18H21N3O4. The number of hydrogen-bond acceptors (Lipinski definition) is 5. The Bertz CT molecular complexity index is 778. The number of rotatable bonds is 4. The highest BCUT2D eigenvalue weighted by atomic mass is 16.6. The molecule has 2 aliphatic rings. The Balaban J connectivity index is 1.49. The van der Waals surface area contributed by atoms with E-state index in [9.17, 15) is 4.79 Å². The SMILES string of the molecule is Cc1nc(NC(=O)N[C@H](c2ccc3c(c2)OCCO3)C2CC2)oc1C. The number of aryl methyl sites for hydroxylation is 2. The van der Waals surface area contributed by atoms with Gasteiger partial charge in [0, 0.05) is 0 Å². The van der Waals surface area contributed by atoms with E-state index in [1.165, 1.54) is 0 Å². The molecule has 1 fully saturated rings. The first-order valence-corrected chi connectivity index (χ1v) is 8.51. The first-order chi connectivity index (χ1) is 12.1. The number of nitrogens with zero attached hydrogens (tertiary/aromatic N) is 1. The van der Waals surface area contributed by atoms with E-state index >= 15 is 0 Å². The Kier molecular flexibility index (Phi) is 3.99. The van der Waals surface area contributed by atoms with Crippen molar-refractivity contribution in [1.82, 2.24) is 10.3 Å². The highest BCUT2D eigenvalue weighted by Crippen LogP contribution is 2.43. The van der Waals surface area contributed by atoms with Crippen LogP contribution < -0.4 is 20.1 Å². The minimum atomic E-state index is -0.326. The fourth-order valence-corrected chi connectivity index (χ4v) is 2.96. The Labute approximate surface area is 145 Å². The molecule has 1 aliphatic carbocycles. The average molecular weight is 343 g/mol. The smallest absolute Gasteiger partial charge is 0.323 e. The summed E-state index contributed by atoms with van der Waals surface area (Å²) in [6, 6.07) is 5.65. The van der Waals surface area contributed by atoms with Crippen molar-refractivity contribution in [2.45, 2.75) is 32.7 Å². The van der Waals surface area contributed by atoms with E-state index in [0.717, 1.165) is 35.6 Å². The van der Waals surface area contributed by atoms with E-state index in [1.807, 2.05) is 32.0 Å². The molecule has 2 heterocycles. The van der Waals surface area contributed by atoms with Crippen LogP contribution in [0.25, 0.3) is 0 Å². The van der Waals surface area contributed by atoms with Crippen molar-refractivity contribution < 1.29 is 18.7 Å². The Hall–Kier alpha value is -2.70. The first-order valence-electron chi connectivity index (χ1n) is 8.51. The van der Waals surface area contributed by atoms with E-state index < -0.39 is 0 Å². The van der Waals surface area contributed by atoms with Crippen molar-refractivity contribution in [2.75, 3.05) is 18.5 Å². The fourth-order valence-electron chi connectivity index (χ4n) is 2.96. The number of fused-ring (bicyclic) bond motifs is 1. The van der Waals surface area contributed by atoms with Crippen LogP contribution in [0.15, 0.2) is 22.6 Å². The maximum Gasteiger partial charge on any atom is 0.323 e. The number of anilines is 1. The second kappa shape index (κ2) is 6.31. The summed E-state index contributed by atoms with van der Waals surface area (Å²) in [5.74, 6) is 2.61. The molecule has 7 nitrogen and oxygen atoms in total. The molecule has 0 radical (unpaired) electrons. The zero-order valence-electron chi connectivity index (χ0n) is 14.3. The van der Waals surface area contributed by atoms with Crippen molar-refractivity contribution >= 4 is 12.0 Å². The number of hydrogen-bond donors (Lipinski definition) is 2. The number of urea groups is 1. The number of benzene rings is 1. The van der Waals surface area contributed by atoms with E-state index in [4.69, 9.17) is 13.9 Å². The van der Waals surface area contributed by atoms with Gasteiger partial charge in [0.25, 0.3) is 0 Å². The Morgan fingerprint density at radius 3 is 2.64 bits per heavy atom. The van der Waals surface area contributed by atoms with Gasteiger partial charge in [-0.15, -0.1) is 0 Å². The van der Waals surface area contributed by atoms with Crippen molar-refractivity contribution in [3.63, 3.8) is 0 Å². The minimum absolute atomic E-state index is 0.0759. The molecular weight excluding hydrogens is 322 g/mol. The van der Waals surface area contributed by atoms with Crippen LogP contribution in [0.3, 0.4) is 0 Å². The lowest BCUT2D eigenvalue weighted by Crippen LogP contribution is -2.33. The van der Waals surface area contributed by atoms with E-state index in [1.54, 1.807) is 0 Å². The molecule has 2 amide bonds. The number of ether oxygens (including phenoxy) is 2. The summed E-state index contributed by atoms with van der Waals surface area (Å²) in [4.78, 5) is 16.5. The van der Waals surface area contributed by atoms with Crippen LogP contribution in [-0.2, 0) is 0 Å². The van der Waals surface area contributed by atoms with Crippen molar-refractivity contribution in [1.29, 1.82) is 0 Å². The molecule has 0 saturated heterocycles. The second-order valence-corrected chi connectivity index (χ2v) is 6.48. The third-order valence-electron chi connectivity index (χ3n) is 4.55. The molecule has 4 rings (SSSR count).